The predicted octanol–water partition coefficient (Wildman–Crippen LogP) is 0.782. The first-order chi connectivity index (χ1) is 7.67. The van der Waals surface area contributed by atoms with Crippen molar-refractivity contribution in [2.24, 2.45) is 0 Å². The average Bonchev–Trinajstić information content (AvgIpc) is 2.35. The van der Waals surface area contributed by atoms with E-state index in [9.17, 15) is 4.79 Å². The fraction of sp³-hybridized carbons (Fsp3) is 0.333. The molecule has 1 rings (SSSR count). The van der Waals surface area contributed by atoms with Crippen molar-refractivity contribution < 1.29 is 4.79 Å². The van der Waals surface area contributed by atoms with Gasteiger partial charge in [0.15, 0.2) is 0 Å². The van der Waals surface area contributed by atoms with E-state index in [4.69, 9.17) is 5.26 Å². The van der Waals surface area contributed by atoms with E-state index in [1.807, 2.05) is 18.2 Å². The minimum absolute atomic E-state index is 0.0450. The second kappa shape index (κ2) is 5.89. The number of carbonyl (C=O) groups excluding carboxylic acids is 1. The van der Waals surface area contributed by atoms with Crippen LogP contribution in [0, 0.1) is 11.3 Å². The van der Waals surface area contributed by atoms with Crippen LogP contribution < -0.4 is 10.6 Å². The van der Waals surface area contributed by atoms with Crippen LogP contribution in [0.4, 0.5) is 0 Å². The Balaban J connectivity index is 2.55. The number of hydrogen-bond donors (Lipinski definition) is 2. The molecule has 0 aliphatic heterocycles. The molecule has 1 aromatic carbocycles. The lowest BCUT2D eigenvalue weighted by molar-refractivity contribution is -0.122. The summed E-state index contributed by atoms with van der Waals surface area (Å²) in [4.78, 5) is 11.2. The van der Waals surface area contributed by atoms with Gasteiger partial charge in [-0.15, -0.1) is 0 Å². The van der Waals surface area contributed by atoms with E-state index in [0.29, 0.717) is 12.1 Å². The number of hydrogen-bond acceptors (Lipinski definition) is 3. The first kappa shape index (κ1) is 12.2. The second-order valence-corrected chi connectivity index (χ2v) is 3.53. The van der Waals surface area contributed by atoms with E-state index in [1.54, 1.807) is 20.0 Å². The van der Waals surface area contributed by atoms with E-state index in [2.05, 4.69) is 16.7 Å². The van der Waals surface area contributed by atoms with Gasteiger partial charge >= 0.3 is 0 Å². The molecule has 0 bridgehead atoms. The number of carbonyl (C=O) groups is 1. The van der Waals surface area contributed by atoms with Crippen LogP contribution in [0.5, 0.6) is 0 Å². The van der Waals surface area contributed by atoms with Gasteiger partial charge in [0.25, 0.3) is 0 Å². The Morgan fingerprint density at radius 2 is 2.31 bits per heavy atom. The lowest BCUT2D eigenvalue weighted by Gasteiger charge is -2.12. The molecule has 0 aliphatic rings. The zero-order valence-corrected chi connectivity index (χ0v) is 9.45. The van der Waals surface area contributed by atoms with E-state index in [-0.39, 0.29) is 11.9 Å². The molecule has 84 valence electrons. The standard InChI is InChI=1S/C12H15N3O/c1-9(12(16)14-2)15-8-11-5-3-4-10(6-11)7-13/h3-6,9,15H,8H2,1-2H3,(H,14,16). The van der Waals surface area contributed by atoms with Gasteiger partial charge < -0.3 is 10.6 Å². The van der Waals surface area contributed by atoms with Gasteiger partial charge in [-0.2, -0.15) is 5.26 Å². The highest BCUT2D eigenvalue weighted by molar-refractivity contribution is 5.80. The first-order valence-electron chi connectivity index (χ1n) is 5.11. The average molecular weight is 217 g/mol. The van der Waals surface area contributed by atoms with Gasteiger partial charge in [-0.05, 0) is 24.6 Å². The molecular weight excluding hydrogens is 202 g/mol. The van der Waals surface area contributed by atoms with Gasteiger partial charge in [-0.1, -0.05) is 12.1 Å². The maximum atomic E-state index is 11.2. The van der Waals surface area contributed by atoms with Crippen molar-refractivity contribution in [2.75, 3.05) is 7.05 Å². The van der Waals surface area contributed by atoms with Crippen LogP contribution in [0.2, 0.25) is 0 Å². The number of nitriles is 1. The molecule has 4 nitrogen and oxygen atoms in total. The zero-order valence-electron chi connectivity index (χ0n) is 9.45. The van der Waals surface area contributed by atoms with Crippen molar-refractivity contribution in [3.63, 3.8) is 0 Å². The summed E-state index contributed by atoms with van der Waals surface area (Å²) in [5, 5.41) is 14.4. The van der Waals surface area contributed by atoms with Crippen LogP contribution in [0.25, 0.3) is 0 Å². The van der Waals surface area contributed by atoms with Crippen LogP contribution in [0.3, 0.4) is 0 Å². The lowest BCUT2D eigenvalue weighted by atomic mass is 10.1. The monoisotopic (exact) mass is 217 g/mol. The molecule has 0 aromatic heterocycles. The van der Waals surface area contributed by atoms with E-state index in [0.717, 1.165) is 5.56 Å². The molecule has 2 N–H and O–H groups in total. The quantitative estimate of drug-likeness (QED) is 0.783. The number of rotatable bonds is 4. The molecule has 1 atom stereocenters. The third-order valence-corrected chi connectivity index (χ3v) is 2.31. The summed E-state index contributed by atoms with van der Waals surface area (Å²) in [6.45, 7) is 2.37. The van der Waals surface area contributed by atoms with Crippen molar-refractivity contribution in [2.45, 2.75) is 19.5 Å². The van der Waals surface area contributed by atoms with Gasteiger partial charge in [-0.25, -0.2) is 0 Å². The van der Waals surface area contributed by atoms with Crippen molar-refractivity contribution in [3.8, 4) is 6.07 Å². The number of nitrogens with zero attached hydrogens (tertiary/aromatic N) is 1. The van der Waals surface area contributed by atoms with E-state index < -0.39 is 0 Å². The zero-order chi connectivity index (χ0) is 12.0. The summed E-state index contributed by atoms with van der Waals surface area (Å²) in [5.74, 6) is -0.0450. The summed E-state index contributed by atoms with van der Waals surface area (Å²) in [6.07, 6.45) is 0. The van der Waals surface area contributed by atoms with Crippen molar-refractivity contribution in [3.05, 3.63) is 35.4 Å². The highest BCUT2D eigenvalue weighted by atomic mass is 16.2. The second-order valence-electron chi connectivity index (χ2n) is 3.53. The Hall–Kier alpha value is -1.86. The summed E-state index contributed by atoms with van der Waals surface area (Å²) >= 11 is 0. The largest absolute Gasteiger partial charge is 0.358 e. The van der Waals surface area contributed by atoms with Crippen LogP contribution in [0.15, 0.2) is 24.3 Å². The fourth-order valence-corrected chi connectivity index (χ4v) is 1.33. The Morgan fingerprint density at radius 3 is 2.94 bits per heavy atom. The van der Waals surface area contributed by atoms with Gasteiger partial charge in [0.05, 0.1) is 17.7 Å². The molecule has 16 heavy (non-hydrogen) atoms. The minimum atomic E-state index is -0.240. The molecule has 0 radical (unpaired) electrons. The Morgan fingerprint density at radius 1 is 1.56 bits per heavy atom. The molecule has 0 aliphatic carbocycles. The van der Waals surface area contributed by atoms with Gasteiger partial charge in [0.1, 0.15) is 0 Å². The van der Waals surface area contributed by atoms with Crippen LogP contribution in [-0.2, 0) is 11.3 Å². The Bertz CT molecular complexity index is 409. The molecule has 0 saturated carbocycles. The molecule has 1 amide bonds. The maximum absolute atomic E-state index is 11.2. The third-order valence-electron chi connectivity index (χ3n) is 2.31. The summed E-state index contributed by atoms with van der Waals surface area (Å²) in [6, 6.07) is 9.16. The first-order valence-corrected chi connectivity index (χ1v) is 5.11. The van der Waals surface area contributed by atoms with Crippen molar-refractivity contribution in [1.82, 2.24) is 10.6 Å². The SMILES string of the molecule is CNC(=O)C(C)NCc1cccc(C#N)c1. The minimum Gasteiger partial charge on any atom is -0.358 e. The highest BCUT2D eigenvalue weighted by Gasteiger charge is 2.09. The molecule has 0 saturated heterocycles. The molecule has 1 unspecified atom stereocenters. The number of benzene rings is 1. The smallest absolute Gasteiger partial charge is 0.236 e. The Kier molecular flexibility index (Phi) is 4.49. The summed E-state index contributed by atoms with van der Waals surface area (Å²) in [5.41, 5.74) is 1.63. The summed E-state index contributed by atoms with van der Waals surface area (Å²) in [7, 11) is 1.61. The molecule has 0 fully saturated rings. The molecule has 0 heterocycles. The normalized spacial score (nSPS) is 11.6. The molecular formula is C12H15N3O. The number of nitrogens with one attached hydrogen (secondary N) is 2. The van der Waals surface area contributed by atoms with Crippen molar-refractivity contribution >= 4 is 5.91 Å². The van der Waals surface area contributed by atoms with Crippen molar-refractivity contribution in [1.29, 1.82) is 5.26 Å². The van der Waals surface area contributed by atoms with E-state index >= 15 is 0 Å². The van der Waals surface area contributed by atoms with E-state index in [1.165, 1.54) is 0 Å². The maximum Gasteiger partial charge on any atom is 0.236 e. The van der Waals surface area contributed by atoms with Crippen LogP contribution in [-0.4, -0.2) is 19.0 Å². The Labute approximate surface area is 95.3 Å². The molecule has 1 aromatic rings. The summed E-state index contributed by atoms with van der Waals surface area (Å²) < 4.78 is 0. The fourth-order valence-electron chi connectivity index (χ4n) is 1.33. The third kappa shape index (κ3) is 3.37. The highest BCUT2D eigenvalue weighted by Crippen LogP contribution is 2.03. The van der Waals surface area contributed by atoms with Gasteiger partial charge in [0.2, 0.25) is 5.91 Å². The predicted molar refractivity (Wildman–Crippen MR) is 61.5 cm³/mol. The molecule has 4 heteroatoms. The number of amides is 1. The topological polar surface area (TPSA) is 64.9 Å². The number of likely N-dealkylation sites (N-methyl/N-ethyl adjacent to an activating group) is 1. The van der Waals surface area contributed by atoms with Crippen LogP contribution in [0.1, 0.15) is 18.1 Å². The van der Waals surface area contributed by atoms with Gasteiger partial charge in [-0.3, -0.25) is 4.79 Å². The van der Waals surface area contributed by atoms with Crippen LogP contribution >= 0.6 is 0 Å². The molecule has 0 spiro atoms. The lowest BCUT2D eigenvalue weighted by Crippen LogP contribution is -2.40. The van der Waals surface area contributed by atoms with Gasteiger partial charge in [0, 0.05) is 13.6 Å².